The van der Waals surface area contributed by atoms with Gasteiger partial charge in [-0.15, -0.1) is 0 Å². The van der Waals surface area contributed by atoms with Gasteiger partial charge < -0.3 is 10.6 Å². The molecule has 0 unspecified atom stereocenters. The number of allylic oxidation sites excluding steroid dienone is 1. The minimum Gasteiger partial charge on any atom is -0.320 e. The van der Waals surface area contributed by atoms with Crippen LogP contribution in [0.25, 0.3) is 0 Å². The molecule has 0 aromatic carbocycles. The molecule has 0 rings (SSSR count). The van der Waals surface area contributed by atoms with Crippen LogP contribution in [-0.4, -0.2) is 24.7 Å². The van der Waals surface area contributed by atoms with E-state index in [2.05, 4.69) is 45.4 Å². The van der Waals surface area contributed by atoms with E-state index in [1.54, 1.807) is 0 Å². The Balaban J connectivity index is 2.94. The second-order valence-corrected chi connectivity index (χ2v) is 4.13. The van der Waals surface area contributed by atoms with E-state index in [9.17, 15) is 0 Å². The molecule has 0 spiro atoms. The predicted octanol–water partition coefficient (Wildman–Crippen LogP) is 2.69. The number of halogens is 1. The van der Waals surface area contributed by atoms with Crippen molar-refractivity contribution in [3.8, 4) is 0 Å². The molecule has 0 amide bonds. The summed E-state index contributed by atoms with van der Waals surface area (Å²) < 4.78 is 1.03. The summed E-state index contributed by atoms with van der Waals surface area (Å²) in [5.74, 6) is 0. The maximum absolute atomic E-state index is 3.26. The molecule has 0 aliphatic rings. The van der Waals surface area contributed by atoms with Crippen LogP contribution < -0.4 is 10.6 Å². The number of unbranched alkanes of at least 4 members (excludes halogenated alkanes) is 4. The van der Waals surface area contributed by atoms with Gasteiger partial charge in [-0.2, -0.15) is 0 Å². The lowest BCUT2D eigenvalue weighted by Gasteiger charge is -1.98. The fourth-order valence-corrected chi connectivity index (χ4v) is 1.57. The summed E-state index contributed by atoms with van der Waals surface area (Å²) in [6.45, 7) is 2.18. The molecule has 2 N–H and O–H groups in total. The predicted molar refractivity (Wildman–Crippen MR) is 73.0 cm³/mol. The molecule has 0 aliphatic heterocycles. The van der Waals surface area contributed by atoms with E-state index < -0.39 is 0 Å². The zero-order valence-electron chi connectivity index (χ0n) is 9.19. The van der Waals surface area contributed by atoms with Crippen LogP contribution in [0.1, 0.15) is 32.1 Å². The lowest BCUT2D eigenvalue weighted by molar-refractivity contribution is 0.620. The van der Waals surface area contributed by atoms with Gasteiger partial charge in [-0.3, -0.25) is 0 Å². The van der Waals surface area contributed by atoms with Gasteiger partial charge in [0, 0.05) is 11.1 Å². The summed E-state index contributed by atoms with van der Waals surface area (Å²) in [6.07, 6.45) is 11.1. The molecule has 3 heteroatoms. The molecule has 0 atom stereocenters. The fraction of sp³-hybridized carbons (Fsp3) is 0.818. The molecule has 0 aromatic heterocycles. The van der Waals surface area contributed by atoms with Gasteiger partial charge in [-0.25, -0.2) is 0 Å². The summed E-state index contributed by atoms with van der Waals surface area (Å²) in [7, 11) is 2.02. The first-order valence-electron chi connectivity index (χ1n) is 5.48. The molecule has 0 heterocycles. The van der Waals surface area contributed by atoms with Crippen molar-refractivity contribution in [2.24, 2.45) is 0 Å². The average molecular weight is 310 g/mol. The molecular weight excluding hydrogens is 287 g/mol. The van der Waals surface area contributed by atoms with Crippen LogP contribution in [0.5, 0.6) is 0 Å². The van der Waals surface area contributed by atoms with Gasteiger partial charge in [0.25, 0.3) is 0 Å². The largest absolute Gasteiger partial charge is 0.320 e. The highest BCUT2D eigenvalue weighted by atomic mass is 127. The van der Waals surface area contributed by atoms with Crippen molar-refractivity contribution in [1.29, 1.82) is 0 Å². The van der Waals surface area contributed by atoms with Crippen molar-refractivity contribution in [2.75, 3.05) is 24.7 Å². The van der Waals surface area contributed by atoms with Crippen LogP contribution in [0.15, 0.2) is 12.2 Å². The number of hydrogen-bond donors (Lipinski definition) is 2. The van der Waals surface area contributed by atoms with Gasteiger partial charge in [0.1, 0.15) is 0 Å². The Kier molecular flexibility index (Phi) is 13.8. The average Bonchev–Trinajstić information content (AvgIpc) is 2.21. The molecule has 0 aromatic rings. The third-order valence-electron chi connectivity index (χ3n) is 2.07. The standard InChI is InChI=1S/C11H23IN2/c1-13-9-7-5-3-2-4-6-8-10-14-11-12/h6,8,13-14H,2-5,7,9-11H2,1H3/b8-6+. The van der Waals surface area contributed by atoms with Gasteiger partial charge in [-0.05, 0) is 32.9 Å². The van der Waals surface area contributed by atoms with E-state index in [0.29, 0.717) is 0 Å². The van der Waals surface area contributed by atoms with Crippen LogP contribution >= 0.6 is 22.6 Å². The molecule has 2 nitrogen and oxygen atoms in total. The fourth-order valence-electron chi connectivity index (χ4n) is 1.26. The maximum atomic E-state index is 3.26. The van der Waals surface area contributed by atoms with Gasteiger partial charge in [-0.1, -0.05) is 47.6 Å². The van der Waals surface area contributed by atoms with Crippen LogP contribution in [0.3, 0.4) is 0 Å². The maximum Gasteiger partial charge on any atom is 0.0482 e. The van der Waals surface area contributed by atoms with E-state index >= 15 is 0 Å². The second-order valence-electron chi connectivity index (χ2n) is 3.37. The van der Waals surface area contributed by atoms with Crippen LogP contribution in [0, 0.1) is 0 Å². The Labute approximate surface area is 102 Å². The lowest BCUT2D eigenvalue weighted by atomic mass is 10.1. The molecule has 84 valence electrons. The SMILES string of the molecule is CNCCCCCC/C=C/CNCI. The number of alkyl halides is 1. The zero-order valence-corrected chi connectivity index (χ0v) is 11.3. The van der Waals surface area contributed by atoms with Gasteiger partial charge in [0.05, 0.1) is 0 Å². The first kappa shape index (κ1) is 14.4. The van der Waals surface area contributed by atoms with Crippen molar-refractivity contribution in [3.05, 3.63) is 12.2 Å². The van der Waals surface area contributed by atoms with Crippen molar-refractivity contribution in [1.82, 2.24) is 10.6 Å². The Morgan fingerprint density at radius 3 is 2.57 bits per heavy atom. The third kappa shape index (κ3) is 12.4. The van der Waals surface area contributed by atoms with Crippen molar-refractivity contribution in [3.63, 3.8) is 0 Å². The first-order chi connectivity index (χ1) is 6.91. The minimum absolute atomic E-state index is 1.02. The van der Waals surface area contributed by atoms with Crippen molar-refractivity contribution >= 4 is 22.6 Å². The van der Waals surface area contributed by atoms with Gasteiger partial charge >= 0.3 is 0 Å². The van der Waals surface area contributed by atoms with E-state index in [0.717, 1.165) is 17.6 Å². The molecule has 0 fully saturated rings. The smallest absolute Gasteiger partial charge is 0.0482 e. The Bertz CT molecular complexity index is 126. The number of nitrogens with one attached hydrogen (secondary N) is 2. The number of hydrogen-bond acceptors (Lipinski definition) is 2. The van der Waals surface area contributed by atoms with Crippen molar-refractivity contribution in [2.45, 2.75) is 32.1 Å². The first-order valence-corrected chi connectivity index (χ1v) is 7.00. The molecular formula is C11H23IN2. The molecule has 0 radical (unpaired) electrons. The summed E-state index contributed by atoms with van der Waals surface area (Å²) in [5.41, 5.74) is 0. The molecule has 0 saturated carbocycles. The second kappa shape index (κ2) is 13.4. The summed E-state index contributed by atoms with van der Waals surface area (Å²) in [6, 6.07) is 0. The lowest BCUT2D eigenvalue weighted by Crippen LogP contribution is -2.09. The normalized spacial score (nSPS) is 11.3. The van der Waals surface area contributed by atoms with Crippen LogP contribution in [0.2, 0.25) is 0 Å². The third-order valence-corrected chi connectivity index (χ3v) is 2.61. The molecule has 0 saturated heterocycles. The quantitative estimate of drug-likeness (QED) is 0.213. The molecule has 0 bridgehead atoms. The van der Waals surface area contributed by atoms with Gasteiger partial charge in [0.2, 0.25) is 0 Å². The highest BCUT2D eigenvalue weighted by molar-refractivity contribution is 14.1. The zero-order chi connectivity index (χ0) is 10.5. The van der Waals surface area contributed by atoms with Crippen LogP contribution in [-0.2, 0) is 0 Å². The summed E-state index contributed by atoms with van der Waals surface area (Å²) >= 11 is 2.32. The summed E-state index contributed by atoms with van der Waals surface area (Å²) in [5, 5.41) is 6.43. The highest BCUT2D eigenvalue weighted by Crippen LogP contribution is 2.02. The van der Waals surface area contributed by atoms with E-state index in [1.807, 2.05) is 7.05 Å². The number of rotatable bonds is 10. The topological polar surface area (TPSA) is 24.1 Å². The molecule has 0 aliphatic carbocycles. The minimum atomic E-state index is 1.02. The monoisotopic (exact) mass is 310 g/mol. The Morgan fingerprint density at radius 2 is 1.86 bits per heavy atom. The Morgan fingerprint density at radius 1 is 1.07 bits per heavy atom. The Hall–Kier alpha value is 0.390. The van der Waals surface area contributed by atoms with Crippen molar-refractivity contribution < 1.29 is 0 Å². The van der Waals surface area contributed by atoms with Crippen LogP contribution in [0.4, 0.5) is 0 Å². The molecule has 14 heavy (non-hydrogen) atoms. The highest BCUT2D eigenvalue weighted by Gasteiger charge is 1.87. The van der Waals surface area contributed by atoms with E-state index in [1.165, 1.54) is 32.1 Å². The van der Waals surface area contributed by atoms with Gasteiger partial charge in [0.15, 0.2) is 0 Å². The summed E-state index contributed by atoms with van der Waals surface area (Å²) in [4.78, 5) is 0. The van der Waals surface area contributed by atoms with E-state index in [4.69, 9.17) is 0 Å². The van der Waals surface area contributed by atoms with E-state index in [-0.39, 0.29) is 0 Å².